The fourth-order valence-corrected chi connectivity index (χ4v) is 3.21. The van der Waals surface area contributed by atoms with Crippen LogP contribution in [-0.2, 0) is 6.42 Å². The summed E-state index contributed by atoms with van der Waals surface area (Å²) in [6.45, 7) is 0.905. The Labute approximate surface area is 151 Å². The lowest BCUT2D eigenvalue weighted by molar-refractivity contribution is 0.0697. The number of rotatable bonds is 4. The van der Waals surface area contributed by atoms with E-state index in [1.54, 1.807) is 18.2 Å². The van der Waals surface area contributed by atoms with Gasteiger partial charge < -0.3 is 15.3 Å². The predicted octanol–water partition coefficient (Wildman–Crippen LogP) is 4.00. The summed E-state index contributed by atoms with van der Waals surface area (Å²) in [7, 11) is 0. The van der Waals surface area contributed by atoms with Gasteiger partial charge in [0.1, 0.15) is 18.0 Å². The zero-order valence-corrected chi connectivity index (χ0v) is 14.1. The summed E-state index contributed by atoms with van der Waals surface area (Å²) < 4.78 is 0. The Morgan fingerprint density at radius 3 is 2.85 bits per heavy atom. The van der Waals surface area contributed by atoms with Crippen LogP contribution in [0.25, 0.3) is 0 Å². The number of hydrogen-bond donors (Lipinski definition) is 2. The molecule has 2 aromatic carbocycles. The van der Waals surface area contributed by atoms with Crippen LogP contribution < -0.4 is 10.2 Å². The highest BCUT2D eigenvalue weighted by Gasteiger charge is 2.19. The molecule has 0 saturated heterocycles. The van der Waals surface area contributed by atoms with Gasteiger partial charge in [0, 0.05) is 24.0 Å². The number of aromatic nitrogens is 2. The van der Waals surface area contributed by atoms with Crippen molar-refractivity contribution < 1.29 is 9.90 Å². The minimum atomic E-state index is -0.957. The second-order valence-electron chi connectivity index (χ2n) is 6.16. The van der Waals surface area contributed by atoms with Crippen molar-refractivity contribution in [1.29, 1.82) is 0 Å². The van der Waals surface area contributed by atoms with Crippen molar-refractivity contribution in [3.05, 3.63) is 72.1 Å². The van der Waals surface area contributed by atoms with E-state index < -0.39 is 5.97 Å². The van der Waals surface area contributed by atoms with Crippen LogP contribution in [-0.4, -0.2) is 27.6 Å². The SMILES string of the molecule is O=C(O)c1cccc(Nc2cc(N3CCCc4ccccc43)ncn2)c1. The molecule has 0 aliphatic carbocycles. The molecule has 0 unspecified atom stereocenters. The first-order chi connectivity index (χ1) is 12.7. The number of nitrogens with one attached hydrogen (secondary N) is 1. The number of carboxylic acid groups (broad SMARTS) is 1. The van der Waals surface area contributed by atoms with Crippen LogP contribution in [0.1, 0.15) is 22.3 Å². The minimum Gasteiger partial charge on any atom is -0.478 e. The summed E-state index contributed by atoms with van der Waals surface area (Å²) >= 11 is 0. The van der Waals surface area contributed by atoms with E-state index in [4.69, 9.17) is 5.11 Å². The van der Waals surface area contributed by atoms with Crippen LogP contribution in [0.3, 0.4) is 0 Å². The molecule has 0 atom stereocenters. The van der Waals surface area contributed by atoms with Gasteiger partial charge in [-0.1, -0.05) is 24.3 Å². The average molecular weight is 346 g/mol. The van der Waals surface area contributed by atoms with E-state index >= 15 is 0 Å². The monoisotopic (exact) mass is 346 g/mol. The van der Waals surface area contributed by atoms with Crippen LogP contribution >= 0.6 is 0 Å². The van der Waals surface area contributed by atoms with Crippen molar-refractivity contribution in [3.8, 4) is 0 Å². The second-order valence-corrected chi connectivity index (χ2v) is 6.16. The summed E-state index contributed by atoms with van der Waals surface area (Å²) in [5.41, 5.74) is 3.40. The molecule has 1 aliphatic heterocycles. The molecule has 2 N–H and O–H groups in total. The number of carbonyl (C=O) groups is 1. The maximum Gasteiger partial charge on any atom is 0.335 e. The Morgan fingerprint density at radius 1 is 1.08 bits per heavy atom. The van der Waals surface area contributed by atoms with E-state index in [0.717, 1.165) is 25.2 Å². The highest BCUT2D eigenvalue weighted by Crippen LogP contribution is 2.32. The molecule has 0 amide bonds. The smallest absolute Gasteiger partial charge is 0.335 e. The highest BCUT2D eigenvalue weighted by molar-refractivity contribution is 5.89. The van der Waals surface area contributed by atoms with Crippen molar-refractivity contribution in [3.63, 3.8) is 0 Å². The third kappa shape index (κ3) is 3.21. The van der Waals surface area contributed by atoms with Crippen molar-refractivity contribution in [2.45, 2.75) is 12.8 Å². The molecule has 0 radical (unpaired) electrons. The van der Waals surface area contributed by atoms with E-state index in [2.05, 4.69) is 38.4 Å². The molecule has 2 heterocycles. The topological polar surface area (TPSA) is 78.4 Å². The van der Waals surface area contributed by atoms with Gasteiger partial charge in [-0.3, -0.25) is 0 Å². The van der Waals surface area contributed by atoms with Gasteiger partial charge in [0.15, 0.2) is 0 Å². The molecule has 6 heteroatoms. The molecule has 0 bridgehead atoms. The lowest BCUT2D eigenvalue weighted by Gasteiger charge is -2.30. The summed E-state index contributed by atoms with van der Waals surface area (Å²) in [4.78, 5) is 22.0. The number of para-hydroxylation sites is 1. The Morgan fingerprint density at radius 2 is 1.96 bits per heavy atom. The maximum absolute atomic E-state index is 11.1. The van der Waals surface area contributed by atoms with Gasteiger partial charge in [0.25, 0.3) is 0 Å². The van der Waals surface area contributed by atoms with E-state index in [-0.39, 0.29) is 5.56 Å². The third-order valence-corrected chi connectivity index (χ3v) is 4.42. The predicted molar refractivity (Wildman–Crippen MR) is 100 cm³/mol. The second kappa shape index (κ2) is 6.84. The van der Waals surface area contributed by atoms with E-state index in [9.17, 15) is 4.79 Å². The molecule has 26 heavy (non-hydrogen) atoms. The van der Waals surface area contributed by atoms with Crippen molar-refractivity contribution >= 4 is 29.0 Å². The first kappa shape index (κ1) is 16.1. The van der Waals surface area contributed by atoms with E-state index in [0.29, 0.717) is 11.5 Å². The standard InChI is InChI=1S/C20H18N4O2/c25-20(26)15-6-3-8-16(11-15)23-18-12-19(22-13-21-18)24-10-4-7-14-5-1-2-9-17(14)24/h1-3,5-6,8-9,11-13H,4,7,10H2,(H,25,26)(H,21,22,23). The summed E-state index contributed by atoms with van der Waals surface area (Å²) in [5, 5.41) is 12.3. The molecule has 4 rings (SSSR count). The van der Waals surface area contributed by atoms with Crippen LogP contribution in [0.2, 0.25) is 0 Å². The van der Waals surface area contributed by atoms with Gasteiger partial charge in [-0.15, -0.1) is 0 Å². The lowest BCUT2D eigenvalue weighted by atomic mass is 10.0. The number of carboxylic acids is 1. The number of aromatic carboxylic acids is 1. The molecule has 0 spiro atoms. The Balaban J connectivity index is 1.62. The number of fused-ring (bicyclic) bond motifs is 1. The molecule has 6 nitrogen and oxygen atoms in total. The largest absolute Gasteiger partial charge is 0.478 e. The van der Waals surface area contributed by atoms with Gasteiger partial charge in [0.05, 0.1) is 5.56 Å². The minimum absolute atomic E-state index is 0.231. The molecule has 1 aromatic heterocycles. The number of aryl methyl sites for hydroxylation is 1. The molecule has 130 valence electrons. The fourth-order valence-electron chi connectivity index (χ4n) is 3.21. The molecular formula is C20H18N4O2. The summed E-state index contributed by atoms with van der Waals surface area (Å²) in [6.07, 6.45) is 3.67. The number of benzene rings is 2. The summed E-state index contributed by atoms with van der Waals surface area (Å²) in [5.74, 6) is 0.492. The van der Waals surface area contributed by atoms with Gasteiger partial charge in [-0.2, -0.15) is 0 Å². The van der Waals surface area contributed by atoms with Crippen LogP contribution in [0, 0.1) is 0 Å². The Kier molecular flexibility index (Phi) is 4.23. The van der Waals surface area contributed by atoms with Crippen molar-refractivity contribution in [2.75, 3.05) is 16.8 Å². The first-order valence-electron chi connectivity index (χ1n) is 8.48. The molecule has 0 fully saturated rings. The molecule has 0 saturated carbocycles. The number of hydrogen-bond acceptors (Lipinski definition) is 5. The molecular weight excluding hydrogens is 328 g/mol. The zero-order valence-electron chi connectivity index (χ0n) is 14.1. The molecule has 1 aliphatic rings. The normalized spacial score (nSPS) is 13.2. The van der Waals surface area contributed by atoms with Crippen LogP contribution in [0.15, 0.2) is 60.9 Å². The van der Waals surface area contributed by atoms with E-state index in [1.807, 2.05) is 18.2 Å². The Hall–Kier alpha value is -3.41. The average Bonchev–Trinajstić information content (AvgIpc) is 2.68. The van der Waals surface area contributed by atoms with Crippen molar-refractivity contribution in [2.24, 2.45) is 0 Å². The first-order valence-corrected chi connectivity index (χ1v) is 8.48. The summed E-state index contributed by atoms with van der Waals surface area (Å²) in [6, 6.07) is 16.9. The third-order valence-electron chi connectivity index (χ3n) is 4.42. The quantitative estimate of drug-likeness (QED) is 0.743. The van der Waals surface area contributed by atoms with Crippen molar-refractivity contribution in [1.82, 2.24) is 9.97 Å². The highest BCUT2D eigenvalue weighted by atomic mass is 16.4. The Bertz CT molecular complexity index is 958. The fraction of sp³-hybridized carbons (Fsp3) is 0.150. The number of anilines is 4. The lowest BCUT2D eigenvalue weighted by Crippen LogP contribution is -2.25. The maximum atomic E-state index is 11.1. The van der Waals surface area contributed by atoms with Gasteiger partial charge >= 0.3 is 5.97 Å². The van der Waals surface area contributed by atoms with Gasteiger partial charge in [0.2, 0.25) is 0 Å². The van der Waals surface area contributed by atoms with Crippen LogP contribution in [0.4, 0.5) is 23.0 Å². The zero-order chi connectivity index (χ0) is 17.9. The van der Waals surface area contributed by atoms with Gasteiger partial charge in [-0.05, 0) is 42.7 Å². The molecule has 3 aromatic rings. The van der Waals surface area contributed by atoms with Gasteiger partial charge in [-0.25, -0.2) is 14.8 Å². The van der Waals surface area contributed by atoms with Crippen LogP contribution in [0.5, 0.6) is 0 Å². The van der Waals surface area contributed by atoms with E-state index in [1.165, 1.54) is 17.6 Å². The number of nitrogens with zero attached hydrogens (tertiary/aromatic N) is 3.